The smallest absolute Gasteiger partial charge is 0.00204 e. The zero-order valence-corrected chi connectivity index (χ0v) is 13.4. The Labute approximate surface area is 132 Å². The molecular formula is C22H20. The molecule has 0 fully saturated rings. The van der Waals surface area contributed by atoms with Crippen LogP contribution in [-0.2, 0) is 5.41 Å². The van der Waals surface area contributed by atoms with Gasteiger partial charge in [0.05, 0.1) is 0 Å². The zero-order valence-electron chi connectivity index (χ0n) is 13.4. The molecule has 3 aromatic rings. The van der Waals surface area contributed by atoms with Gasteiger partial charge in [-0.25, -0.2) is 0 Å². The van der Waals surface area contributed by atoms with Gasteiger partial charge < -0.3 is 0 Å². The lowest BCUT2D eigenvalue weighted by atomic mass is 9.76. The monoisotopic (exact) mass is 284 g/mol. The maximum absolute atomic E-state index is 2.26. The minimum atomic E-state index is 0.201. The van der Waals surface area contributed by atoms with E-state index in [0.717, 1.165) is 0 Å². The quantitative estimate of drug-likeness (QED) is 0.385. The lowest BCUT2D eigenvalue weighted by molar-refractivity contribution is 0.590. The van der Waals surface area contributed by atoms with Crippen molar-refractivity contribution in [2.75, 3.05) is 0 Å². The Hall–Kier alpha value is -2.34. The Morgan fingerprint density at radius 2 is 1.14 bits per heavy atom. The predicted molar refractivity (Wildman–Crippen MR) is 95.0 cm³/mol. The third kappa shape index (κ3) is 1.91. The van der Waals surface area contributed by atoms with Crippen LogP contribution in [0, 0.1) is 0 Å². The first-order valence-electron chi connectivity index (χ1n) is 7.89. The SMILES string of the molecule is CC(C)(C)c1ccc(-c2cccc3c2-c2ccccc2-3)cc1. The van der Waals surface area contributed by atoms with E-state index in [9.17, 15) is 0 Å². The van der Waals surface area contributed by atoms with Crippen molar-refractivity contribution < 1.29 is 0 Å². The van der Waals surface area contributed by atoms with Crippen molar-refractivity contribution in [1.82, 2.24) is 0 Å². The van der Waals surface area contributed by atoms with Crippen molar-refractivity contribution in [3.63, 3.8) is 0 Å². The molecular weight excluding hydrogens is 264 g/mol. The van der Waals surface area contributed by atoms with E-state index in [1.807, 2.05) is 0 Å². The van der Waals surface area contributed by atoms with E-state index in [4.69, 9.17) is 0 Å². The predicted octanol–water partition coefficient (Wildman–Crippen LogP) is 6.30. The summed E-state index contributed by atoms with van der Waals surface area (Å²) in [5.41, 5.74) is 9.78. The van der Waals surface area contributed by atoms with E-state index in [1.165, 1.54) is 38.9 Å². The van der Waals surface area contributed by atoms with Crippen molar-refractivity contribution in [3.8, 4) is 33.4 Å². The van der Waals surface area contributed by atoms with Crippen molar-refractivity contribution in [2.24, 2.45) is 0 Å². The van der Waals surface area contributed by atoms with Crippen molar-refractivity contribution in [2.45, 2.75) is 26.2 Å². The zero-order chi connectivity index (χ0) is 15.3. The first-order valence-corrected chi connectivity index (χ1v) is 7.89. The van der Waals surface area contributed by atoms with Gasteiger partial charge in [-0.3, -0.25) is 0 Å². The van der Waals surface area contributed by atoms with Crippen LogP contribution in [0.5, 0.6) is 0 Å². The molecule has 0 atom stereocenters. The van der Waals surface area contributed by atoms with Gasteiger partial charge in [0.2, 0.25) is 0 Å². The van der Waals surface area contributed by atoms with Crippen molar-refractivity contribution in [1.29, 1.82) is 0 Å². The summed E-state index contributed by atoms with van der Waals surface area (Å²) in [6, 6.07) is 24.4. The average molecular weight is 284 g/mol. The minimum Gasteiger partial charge on any atom is -0.0616 e. The fraction of sp³-hybridized carbons (Fsp3) is 0.182. The Morgan fingerprint density at radius 1 is 0.545 bits per heavy atom. The van der Waals surface area contributed by atoms with Gasteiger partial charge in [0.25, 0.3) is 0 Å². The normalized spacial score (nSPS) is 12.3. The highest BCUT2D eigenvalue weighted by molar-refractivity contribution is 6.08. The number of fused-ring (bicyclic) bond motifs is 4. The van der Waals surface area contributed by atoms with Crippen LogP contribution in [0.15, 0.2) is 66.7 Å². The van der Waals surface area contributed by atoms with Gasteiger partial charge in [-0.15, -0.1) is 0 Å². The highest BCUT2D eigenvalue weighted by Crippen LogP contribution is 2.51. The van der Waals surface area contributed by atoms with E-state index < -0.39 is 0 Å². The summed E-state index contributed by atoms with van der Waals surface area (Å²) in [6.45, 7) is 6.77. The van der Waals surface area contributed by atoms with Gasteiger partial charge in [0.15, 0.2) is 0 Å². The summed E-state index contributed by atoms with van der Waals surface area (Å²) < 4.78 is 0. The second-order valence-corrected chi connectivity index (χ2v) is 7.10. The topological polar surface area (TPSA) is 0 Å². The van der Waals surface area contributed by atoms with Crippen molar-refractivity contribution in [3.05, 3.63) is 72.3 Å². The molecule has 0 amide bonds. The molecule has 1 aliphatic rings. The van der Waals surface area contributed by atoms with Crippen LogP contribution < -0.4 is 0 Å². The van der Waals surface area contributed by atoms with Gasteiger partial charge in [0.1, 0.15) is 0 Å². The highest BCUT2D eigenvalue weighted by atomic mass is 14.3. The molecule has 0 saturated heterocycles. The summed E-state index contributed by atoms with van der Waals surface area (Å²) in [5, 5.41) is 0. The van der Waals surface area contributed by atoms with Crippen LogP contribution >= 0.6 is 0 Å². The number of hydrogen-bond acceptors (Lipinski definition) is 0. The van der Waals surface area contributed by atoms with Crippen LogP contribution in [0.25, 0.3) is 33.4 Å². The molecule has 0 spiro atoms. The molecule has 0 unspecified atom stereocenters. The summed E-state index contributed by atoms with van der Waals surface area (Å²) in [6.07, 6.45) is 0. The third-order valence-corrected chi connectivity index (χ3v) is 4.61. The van der Waals surface area contributed by atoms with E-state index >= 15 is 0 Å². The van der Waals surface area contributed by atoms with Crippen LogP contribution in [0.1, 0.15) is 26.3 Å². The summed E-state index contributed by atoms with van der Waals surface area (Å²) in [5.74, 6) is 0. The van der Waals surface area contributed by atoms with Crippen LogP contribution in [-0.4, -0.2) is 0 Å². The molecule has 0 heteroatoms. The summed E-state index contributed by atoms with van der Waals surface area (Å²) in [7, 11) is 0. The van der Waals surface area contributed by atoms with Crippen molar-refractivity contribution >= 4 is 0 Å². The molecule has 0 N–H and O–H groups in total. The first-order chi connectivity index (χ1) is 10.6. The number of hydrogen-bond donors (Lipinski definition) is 0. The average Bonchev–Trinajstić information content (AvgIpc) is 2.51. The molecule has 0 bridgehead atoms. The van der Waals surface area contributed by atoms with Crippen LogP contribution in [0.3, 0.4) is 0 Å². The van der Waals surface area contributed by atoms with Crippen LogP contribution in [0.2, 0.25) is 0 Å². The Balaban J connectivity index is 1.81. The van der Waals surface area contributed by atoms with Gasteiger partial charge >= 0.3 is 0 Å². The molecule has 1 aliphatic carbocycles. The molecule has 108 valence electrons. The fourth-order valence-electron chi connectivity index (χ4n) is 3.33. The second kappa shape index (κ2) is 4.58. The lowest BCUT2D eigenvalue weighted by Crippen LogP contribution is -2.10. The highest BCUT2D eigenvalue weighted by Gasteiger charge is 2.24. The van der Waals surface area contributed by atoms with Crippen LogP contribution in [0.4, 0.5) is 0 Å². The number of rotatable bonds is 1. The first kappa shape index (κ1) is 13.3. The molecule has 4 rings (SSSR count). The molecule has 0 heterocycles. The standard InChI is InChI=1S/C22H20/c1-22(2,3)16-13-11-15(12-14-16)17-9-6-10-20-18-7-4-5-8-19(18)21(17)20/h4-14H,1-3H3. The maximum Gasteiger partial charge on any atom is -0.00204 e. The van der Waals surface area contributed by atoms with E-state index in [2.05, 4.69) is 87.5 Å². The van der Waals surface area contributed by atoms with E-state index in [1.54, 1.807) is 0 Å². The second-order valence-electron chi connectivity index (χ2n) is 7.10. The molecule has 22 heavy (non-hydrogen) atoms. The van der Waals surface area contributed by atoms with Gasteiger partial charge in [-0.2, -0.15) is 0 Å². The van der Waals surface area contributed by atoms with Gasteiger partial charge in [-0.1, -0.05) is 87.5 Å². The van der Waals surface area contributed by atoms with Gasteiger partial charge in [0, 0.05) is 0 Å². The fourth-order valence-corrected chi connectivity index (χ4v) is 3.33. The molecule has 0 nitrogen and oxygen atoms in total. The Kier molecular flexibility index (Phi) is 2.77. The molecule has 0 radical (unpaired) electrons. The molecule has 0 saturated carbocycles. The minimum absolute atomic E-state index is 0.201. The number of benzene rings is 3. The third-order valence-electron chi connectivity index (χ3n) is 4.61. The Bertz CT molecular complexity index is 846. The molecule has 0 aromatic heterocycles. The molecule has 3 aromatic carbocycles. The Morgan fingerprint density at radius 3 is 1.82 bits per heavy atom. The van der Waals surface area contributed by atoms with E-state index in [-0.39, 0.29) is 5.41 Å². The molecule has 0 aliphatic heterocycles. The maximum atomic E-state index is 2.26. The van der Waals surface area contributed by atoms with E-state index in [0.29, 0.717) is 0 Å². The largest absolute Gasteiger partial charge is 0.0616 e. The van der Waals surface area contributed by atoms with Gasteiger partial charge in [-0.05, 0) is 44.4 Å². The lowest BCUT2D eigenvalue weighted by Gasteiger charge is -2.27. The summed E-state index contributed by atoms with van der Waals surface area (Å²) >= 11 is 0. The summed E-state index contributed by atoms with van der Waals surface area (Å²) in [4.78, 5) is 0.